The third-order valence-corrected chi connectivity index (χ3v) is 6.71. The lowest BCUT2D eigenvalue weighted by atomic mass is 9.75. The lowest BCUT2D eigenvalue weighted by molar-refractivity contribution is -0.255. The summed E-state index contributed by atoms with van der Waals surface area (Å²) in [6.45, 7) is 4.64. The number of hydroxylamine groups is 2. The van der Waals surface area contributed by atoms with Gasteiger partial charge in [0.15, 0.2) is 12.1 Å². The Balaban J connectivity index is 1.32. The summed E-state index contributed by atoms with van der Waals surface area (Å²) in [5, 5.41) is 2.16. The summed E-state index contributed by atoms with van der Waals surface area (Å²) in [5.41, 5.74) is 1.25. The monoisotopic (exact) mass is 373 g/mol. The van der Waals surface area contributed by atoms with E-state index in [1.54, 1.807) is 0 Å². The average Bonchev–Trinajstić information content (AvgIpc) is 3.26. The second-order valence-electron chi connectivity index (χ2n) is 8.91. The van der Waals surface area contributed by atoms with E-state index in [0.717, 1.165) is 25.8 Å². The van der Waals surface area contributed by atoms with Gasteiger partial charge in [0, 0.05) is 12.5 Å². The third kappa shape index (κ3) is 2.62. The van der Waals surface area contributed by atoms with Crippen molar-refractivity contribution in [3.8, 4) is 0 Å². The Morgan fingerprint density at radius 1 is 0.963 bits per heavy atom. The molecule has 4 saturated heterocycles. The normalized spacial score (nSPS) is 47.5. The molecule has 5 fully saturated rings. The van der Waals surface area contributed by atoms with Gasteiger partial charge >= 0.3 is 0 Å². The standard InChI is InChI=1S/C21H27NO5/c1-21(2)25-19-18-17(24-20(19)26-21)16-15-13(23-18)9-6-10-14(15)27-22(16)11-12-7-4-3-5-8-12/h3-5,7-8,13-20H,6,9-11H2,1-2H3/t13-,14-,15+,16+,17-,18-,19-,20-/m1/s1. The van der Waals surface area contributed by atoms with Gasteiger partial charge in [0.1, 0.15) is 18.3 Å². The second-order valence-corrected chi connectivity index (χ2v) is 8.91. The first-order chi connectivity index (χ1) is 13.1. The van der Waals surface area contributed by atoms with Crippen LogP contribution in [0.25, 0.3) is 0 Å². The molecule has 0 N–H and O–H groups in total. The van der Waals surface area contributed by atoms with Crippen molar-refractivity contribution in [2.24, 2.45) is 5.92 Å². The van der Waals surface area contributed by atoms with Crippen LogP contribution in [-0.2, 0) is 30.3 Å². The molecule has 6 heteroatoms. The van der Waals surface area contributed by atoms with Crippen LogP contribution >= 0.6 is 0 Å². The number of fused-ring (bicyclic) bond motifs is 4. The molecular weight excluding hydrogens is 346 g/mol. The fraction of sp³-hybridized carbons (Fsp3) is 0.714. The predicted octanol–water partition coefficient (Wildman–Crippen LogP) is 2.61. The maximum Gasteiger partial charge on any atom is 0.190 e. The predicted molar refractivity (Wildman–Crippen MR) is 95.3 cm³/mol. The van der Waals surface area contributed by atoms with E-state index in [9.17, 15) is 0 Å². The van der Waals surface area contributed by atoms with Gasteiger partial charge in [0.25, 0.3) is 0 Å². The van der Waals surface area contributed by atoms with Crippen LogP contribution in [0.5, 0.6) is 0 Å². The average molecular weight is 373 g/mol. The van der Waals surface area contributed by atoms with Crippen molar-refractivity contribution < 1.29 is 23.8 Å². The number of hydrogen-bond donors (Lipinski definition) is 0. The van der Waals surface area contributed by atoms with Crippen molar-refractivity contribution in [3.05, 3.63) is 35.9 Å². The highest BCUT2D eigenvalue weighted by molar-refractivity contribution is 5.16. The molecule has 0 bridgehead atoms. The zero-order valence-electron chi connectivity index (χ0n) is 15.8. The van der Waals surface area contributed by atoms with E-state index in [4.69, 9.17) is 23.8 Å². The molecular formula is C21H27NO5. The van der Waals surface area contributed by atoms with Gasteiger partial charge in [0.2, 0.25) is 0 Å². The molecule has 1 saturated carbocycles. The van der Waals surface area contributed by atoms with Crippen molar-refractivity contribution in [1.29, 1.82) is 0 Å². The second kappa shape index (κ2) is 5.99. The highest BCUT2D eigenvalue weighted by Gasteiger charge is 2.66. The summed E-state index contributed by atoms with van der Waals surface area (Å²) in [6.07, 6.45) is 3.07. The lowest BCUT2D eigenvalue weighted by Crippen LogP contribution is -2.59. The fourth-order valence-corrected chi connectivity index (χ4v) is 5.73. The van der Waals surface area contributed by atoms with E-state index in [1.807, 2.05) is 19.9 Å². The first kappa shape index (κ1) is 16.9. The first-order valence-corrected chi connectivity index (χ1v) is 10.2. The summed E-state index contributed by atoms with van der Waals surface area (Å²) >= 11 is 0. The fourth-order valence-electron chi connectivity index (χ4n) is 5.73. The van der Waals surface area contributed by atoms with Crippen LogP contribution in [0.15, 0.2) is 30.3 Å². The minimum atomic E-state index is -0.620. The van der Waals surface area contributed by atoms with E-state index in [1.165, 1.54) is 5.56 Å². The van der Waals surface area contributed by atoms with E-state index in [-0.39, 0.29) is 42.9 Å². The van der Waals surface area contributed by atoms with Crippen molar-refractivity contribution in [1.82, 2.24) is 5.06 Å². The lowest BCUT2D eigenvalue weighted by Gasteiger charge is -2.45. The minimum absolute atomic E-state index is 0.0795. The van der Waals surface area contributed by atoms with Crippen molar-refractivity contribution in [2.75, 3.05) is 0 Å². The molecule has 0 aromatic heterocycles. The SMILES string of the molecule is CC1(C)O[C@H]2O[C@H]3[C@@H](O[C@@H]4CCC[C@H]5ON(Cc6ccccc6)[C@H]3[C@@H]45)[C@H]2O1. The summed E-state index contributed by atoms with van der Waals surface area (Å²) < 4.78 is 25.1. The van der Waals surface area contributed by atoms with Gasteiger partial charge in [-0.3, -0.25) is 4.84 Å². The molecule has 0 amide bonds. The maximum atomic E-state index is 6.56. The molecule has 6 nitrogen and oxygen atoms in total. The van der Waals surface area contributed by atoms with Crippen LogP contribution in [-0.4, -0.2) is 53.7 Å². The van der Waals surface area contributed by atoms with E-state index < -0.39 is 5.79 Å². The quantitative estimate of drug-likeness (QED) is 0.794. The van der Waals surface area contributed by atoms with E-state index >= 15 is 0 Å². The maximum absolute atomic E-state index is 6.56. The summed E-state index contributed by atoms with van der Waals surface area (Å²) in [6, 6.07) is 10.7. The zero-order valence-corrected chi connectivity index (χ0v) is 15.8. The van der Waals surface area contributed by atoms with Crippen LogP contribution < -0.4 is 0 Å². The topological polar surface area (TPSA) is 49.4 Å². The van der Waals surface area contributed by atoms with Gasteiger partial charge in [-0.25, -0.2) is 0 Å². The van der Waals surface area contributed by atoms with Crippen LogP contribution in [0.3, 0.4) is 0 Å². The molecule has 6 rings (SSSR count). The third-order valence-electron chi connectivity index (χ3n) is 6.71. The molecule has 1 aromatic carbocycles. The van der Waals surface area contributed by atoms with Gasteiger partial charge in [-0.05, 0) is 38.7 Å². The molecule has 5 aliphatic rings. The van der Waals surface area contributed by atoms with Gasteiger partial charge in [0.05, 0.1) is 18.2 Å². The van der Waals surface area contributed by atoms with Crippen LogP contribution in [0, 0.1) is 5.92 Å². The molecule has 4 heterocycles. The number of hydrogen-bond acceptors (Lipinski definition) is 6. The van der Waals surface area contributed by atoms with Gasteiger partial charge in [-0.1, -0.05) is 30.3 Å². The molecule has 0 radical (unpaired) electrons. The Bertz CT molecular complexity index is 712. The Labute approximate surface area is 159 Å². The Kier molecular flexibility index (Phi) is 3.75. The highest BCUT2D eigenvalue weighted by atomic mass is 16.8. The Hall–Kier alpha value is -1.02. The van der Waals surface area contributed by atoms with E-state index in [2.05, 4.69) is 29.3 Å². The Morgan fingerprint density at radius 2 is 1.78 bits per heavy atom. The van der Waals surface area contributed by atoms with Crippen molar-refractivity contribution >= 4 is 0 Å². The highest BCUT2D eigenvalue weighted by Crippen LogP contribution is 2.51. The van der Waals surface area contributed by atoms with Crippen LogP contribution in [0.4, 0.5) is 0 Å². The summed E-state index contributed by atoms with van der Waals surface area (Å²) in [7, 11) is 0. The number of nitrogens with zero attached hydrogens (tertiary/aromatic N) is 1. The van der Waals surface area contributed by atoms with Crippen molar-refractivity contribution in [2.45, 2.75) is 88.3 Å². The Morgan fingerprint density at radius 3 is 2.63 bits per heavy atom. The number of rotatable bonds is 2. The van der Waals surface area contributed by atoms with E-state index in [0.29, 0.717) is 5.92 Å². The van der Waals surface area contributed by atoms with Crippen molar-refractivity contribution in [3.63, 3.8) is 0 Å². The molecule has 0 spiro atoms. The molecule has 27 heavy (non-hydrogen) atoms. The molecule has 4 aliphatic heterocycles. The van der Waals surface area contributed by atoms with Gasteiger partial charge in [-0.15, -0.1) is 0 Å². The van der Waals surface area contributed by atoms with Gasteiger partial charge < -0.3 is 18.9 Å². The van der Waals surface area contributed by atoms with Crippen LogP contribution in [0.1, 0.15) is 38.7 Å². The van der Waals surface area contributed by atoms with Crippen LogP contribution in [0.2, 0.25) is 0 Å². The molecule has 146 valence electrons. The van der Waals surface area contributed by atoms with Gasteiger partial charge in [-0.2, -0.15) is 5.06 Å². The zero-order chi connectivity index (χ0) is 18.2. The molecule has 8 atom stereocenters. The summed E-state index contributed by atoms with van der Waals surface area (Å²) in [5.74, 6) is -0.263. The molecule has 0 unspecified atom stereocenters. The summed E-state index contributed by atoms with van der Waals surface area (Å²) in [4.78, 5) is 6.45. The largest absolute Gasteiger partial charge is 0.369 e. The smallest absolute Gasteiger partial charge is 0.190 e. The number of benzene rings is 1. The first-order valence-electron chi connectivity index (χ1n) is 10.2. The molecule has 1 aromatic rings. The number of ether oxygens (including phenoxy) is 4. The minimum Gasteiger partial charge on any atom is -0.369 e. The molecule has 1 aliphatic carbocycles.